The van der Waals surface area contributed by atoms with Crippen LogP contribution in [0, 0.1) is 0 Å². The van der Waals surface area contributed by atoms with Crippen molar-refractivity contribution in [3.05, 3.63) is 53.9 Å². The van der Waals surface area contributed by atoms with Crippen LogP contribution >= 0.6 is 0 Å². The molecule has 88 valence electrons. The summed E-state index contributed by atoms with van der Waals surface area (Å²) in [4.78, 5) is 20.7. The van der Waals surface area contributed by atoms with Crippen molar-refractivity contribution < 1.29 is 19.1 Å². The maximum Gasteiger partial charge on any atom is 0.350 e. The first-order chi connectivity index (χ1) is 8.34. The summed E-state index contributed by atoms with van der Waals surface area (Å²) in [6, 6.07) is 11.0. The van der Waals surface area contributed by atoms with E-state index in [-0.39, 0.29) is 13.0 Å². The summed E-state index contributed by atoms with van der Waals surface area (Å²) >= 11 is 0. The first-order valence-electron chi connectivity index (χ1n) is 5.10. The minimum absolute atomic E-state index is 0.00872. The zero-order chi connectivity index (χ0) is 11.9. The summed E-state index contributed by atoms with van der Waals surface area (Å²) in [5.41, 5.74) is 0.931. The first kappa shape index (κ1) is 11.3. The molecule has 1 aromatic carbocycles. The summed E-state index contributed by atoms with van der Waals surface area (Å²) in [6.07, 6.45) is 1.47. The summed E-state index contributed by atoms with van der Waals surface area (Å²) < 4.78 is 4.76. The molecule has 0 radical (unpaired) electrons. The molecule has 5 heteroatoms. The topological polar surface area (TPSA) is 61.6 Å². The van der Waals surface area contributed by atoms with Gasteiger partial charge in [-0.25, -0.2) is 4.79 Å². The highest BCUT2D eigenvalue weighted by Gasteiger charge is 2.08. The smallest absolute Gasteiger partial charge is 0.350 e. The van der Waals surface area contributed by atoms with Crippen molar-refractivity contribution in [2.45, 2.75) is 13.0 Å². The van der Waals surface area contributed by atoms with E-state index in [2.05, 4.69) is 10.0 Å². The van der Waals surface area contributed by atoms with E-state index in [1.165, 1.54) is 6.20 Å². The monoisotopic (exact) mass is 233 g/mol. The lowest BCUT2D eigenvalue weighted by Crippen LogP contribution is -2.08. The van der Waals surface area contributed by atoms with Gasteiger partial charge in [-0.1, -0.05) is 35.5 Å². The van der Waals surface area contributed by atoms with Crippen LogP contribution in [0.2, 0.25) is 0 Å². The highest BCUT2D eigenvalue weighted by atomic mass is 17.2. The Morgan fingerprint density at radius 2 is 2.06 bits per heavy atom. The average Bonchev–Trinajstić information content (AvgIpc) is 2.83. The molecule has 2 rings (SSSR count). The molecule has 0 spiro atoms. The summed E-state index contributed by atoms with van der Waals surface area (Å²) in [5, 5.41) is 3.48. The van der Waals surface area contributed by atoms with Gasteiger partial charge in [-0.2, -0.15) is 4.89 Å². The lowest BCUT2D eigenvalue weighted by Gasteiger charge is -2.02. The molecule has 0 bridgehead atoms. The van der Waals surface area contributed by atoms with E-state index in [4.69, 9.17) is 9.41 Å². The maximum absolute atomic E-state index is 11.3. The van der Waals surface area contributed by atoms with Gasteiger partial charge in [0.15, 0.2) is 0 Å². The molecule has 0 saturated heterocycles. The van der Waals surface area contributed by atoms with Crippen LogP contribution in [0.5, 0.6) is 0 Å². The van der Waals surface area contributed by atoms with Gasteiger partial charge in [0.25, 0.3) is 0 Å². The van der Waals surface area contributed by atoms with E-state index in [1.54, 1.807) is 6.07 Å². The minimum atomic E-state index is -0.516. The third-order valence-corrected chi connectivity index (χ3v) is 2.03. The second-order valence-electron chi connectivity index (χ2n) is 3.36. The van der Waals surface area contributed by atoms with Crippen LogP contribution in [0.3, 0.4) is 0 Å². The maximum atomic E-state index is 11.3. The quantitative estimate of drug-likeness (QED) is 0.583. The minimum Gasteiger partial charge on any atom is -0.361 e. The fourth-order valence-electron chi connectivity index (χ4n) is 1.24. The normalized spacial score (nSPS) is 10.1. The van der Waals surface area contributed by atoms with Gasteiger partial charge in [0.2, 0.25) is 0 Å². The number of hydrogen-bond donors (Lipinski definition) is 0. The second kappa shape index (κ2) is 5.81. The number of benzene rings is 1. The van der Waals surface area contributed by atoms with Gasteiger partial charge < -0.3 is 4.52 Å². The predicted molar refractivity (Wildman–Crippen MR) is 57.5 cm³/mol. The predicted octanol–water partition coefficient (Wildman–Crippen LogP) is 1.89. The highest BCUT2D eigenvalue weighted by Crippen LogP contribution is 2.03. The molecule has 0 fully saturated rings. The molecule has 1 heterocycles. The van der Waals surface area contributed by atoms with Crippen LogP contribution in [0.4, 0.5) is 0 Å². The molecule has 0 atom stereocenters. The molecule has 5 nitrogen and oxygen atoms in total. The Morgan fingerprint density at radius 1 is 1.24 bits per heavy atom. The summed E-state index contributed by atoms with van der Waals surface area (Å²) in [7, 11) is 0. The molecule has 2 aromatic rings. The van der Waals surface area contributed by atoms with Crippen LogP contribution in [0.15, 0.2) is 47.1 Å². The van der Waals surface area contributed by atoms with Crippen molar-refractivity contribution >= 4 is 5.97 Å². The molecule has 0 unspecified atom stereocenters. The van der Waals surface area contributed by atoms with Crippen molar-refractivity contribution in [3.8, 4) is 0 Å². The zero-order valence-electron chi connectivity index (χ0n) is 9.04. The SMILES string of the molecule is O=C(Cc1ccno1)OOCc1ccccc1. The standard InChI is InChI=1S/C12H11NO4/c14-12(8-11-6-7-13-16-11)17-15-9-10-4-2-1-3-5-10/h1-7H,8-9H2. The van der Waals surface area contributed by atoms with Crippen molar-refractivity contribution in [1.29, 1.82) is 0 Å². The number of aromatic nitrogens is 1. The molecule has 17 heavy (non-hydrogen) atoms. The molecule has 0 N–H and O–H groups in total. The van der Waals surface area contributed by atoms with Crippen LogP contribution in [-0.2, 0) is 27.6 Å². The highest BCUT2D eigenvalue weighted by molar-refractivity contribution is 5.70. The third-order valence-electron chi connectivity index (χ3n) is 2.03. The number of hydrogen-bond acceptors (Lipinski definition) is 5. The third kappa shape index (κ3) is 3.73. The largest absolute Gasteiger partial charge is 0.361 e. The number of nitrogens with zero attached hydrogens (tertiary/aromatic N) is 1. The molecule has 0 aliphatic carbocycles. The van der Waals surface area contributed by atoms with Crippen molar-refractivity contribution in [1.82, 2.24) is 5.16 Å². The van der Waals surface area contributed by atoms with Gasteiger partial charge in [0.05, 0.1) is 6.20 Å². The Balaban J connectivity index is 1.70. The van der Waals surface area contributed by atoms with E-state index in [0.717, 1.165) is 5.56 Å². The van der Waals surface area contributed by atoms with E-state index >= 15 is 0 Å². The Labute approximate surface area is 97.9 Å². The van der Waals surface area contributed by atoms with E-state index in [1.807, 2.05) is 30.3 Å². The first-order valence-corrected chi connectivity index (χ1v) is 5.10. The molecular weight excluding hydrogens is 222 g/mol. The lowest BCUT2D eigenvalue weighted by molar-refractivity contribution is -0.279. The van der Waals surface area contributed by atoms with Gasteiger partial charge in [0.1, 0.15) is 18.8 Å². The Hall–Kier alpha value is -2.14. The van der Waals surface area contributed by atoms with Crippen LogP contribution in [0.1, 0.15) is 11.3 Å². The molecule has 1 aromatic heterocycles. The van der Waals surface area contributed by atoms with E-state index < -0.39 is 5.97 Å². The summed E-state index contributed by atoms with van der Waals surface area (Å²) in [5.74, 6) is -0.0732. The Morgan fingerprint density at radius 3 is 2.76 bits per heavy atom. The van der Waals surface area contributed by atoms with Crippen molar-refractivity contribution in [2.75, 3.05) is 0 Å². The van der Waals surface area contributed by atoms with Gasteiger partial charge in [-0.3, -0.25) is 4.89 Å². The fourth-order valence-corrected chi connectivity index (χ4v) is 1.24. The van der Waals surface area contributed by atoms with E-state index in [0.29, 0.717) is 5.76 Å². The number of rotatable bonds is 5. The van der Waals surface area contributed by atoms with E-state index in [9.17, 15) is 4.79 Å². The van der Waals surface area contributed by atoms with Crippen molar-refractivity contribution in [2.24, 2.45) is 0 Å². The Bertz CT molecular complexity index is 453. The molecule has 0 amide bonds. The molecule has 0 aliphatic rings. The van der Waals surface area contributed by atoms with Gasteiger partial charge in [0, 0.05) is 6.07 Å². The van der Waals surface area contributed by atoms with Gasteiger partial charge >= 0.3 is 5.97 Å². The second-order valence-corrected chi connectivity index (χ2v) is 3.36. The zero-order valence-corrected chi connectivity index (χ0v) is 9.04. The molecule has 0 aliphatic heterocycles. The lowest BCUT2D eigenvalue weighted by atomic mass is 10.2. The van der Waals surface area contributed by atoms with Crippen LogP contribution in [-0.4, -0.2) is 11.1 Å². The number of carbonyl (C=O) groups excluding carboxylic acids is 1. The number of carbonyl (C=O) groups is 1. The molecular formula is C12H11NO4. The van der Waals surface area contributed by atoms with Crippen molar-refractivity contribution in [3.63, 3.8) is 0 Å². The average molecular weight is 233 g/mol. The van der Waals surface area contributed by atoms with Crippen LogP contribution in [0.25, 0.3) is 0 Å². The van der Waals surface area contributed by atoms with Gasteiger partial charge in [-0.15, -0.1) is 0 Å². The fraction of sp³-hybridized carbons (Fsp3) is 0.167. The summed E-state index contributed by atoms with van der Waals surface area (Å²) in [6.45, 7) is 0.225. The van der Waals surface area contributed by atoms with Gasteiger partial charge in [-0.05, 0) is 5.56 Å². The van der Waals surface area contributed by atoms with Crippen LogP contribution < -0.4 is 0 Å². The molecule has 0 saturated carbocycles. The Kier molecular flexibility index (Phi) is 3.88.